The van der Waals surface area contributed by atoms with Crippen molar-refractivity contribution in [1.29, 1.82) is 0 Å². The molecule has 14 heavy (non-hydrogen) atoms. The van der Waals surface area contributed by atoms with Gasteiger partial charge in [-0.3, -0.25) is 9.59 Å². The zero-order valence-corrected chi connectivity index (χ0v) is 8.23. The van der Waals surface area contributed by atoms with Crippen molar-refractivity contribution in [2.45, 2.75) is 20.8 Å². The first-order valence-corrected chi connectivity index (χ1v) is 4.11. The molecule has 0 atom stereocenters. The van der Waals surface area contributed by atoms with Gasteiger partial charge in [0.2, 0.25) is 0 Å². The lowest BCUT2D eigenvalue weighted by Gasteiger charge is -2.19. The molecule has 5 heteroatoms. The molecule has 0 unspecified atom stereocenters. The molecule has 0 spiro atoms. The molecule has 0 aromatic heterocycles. The van der Waals surface area contributed by atoms with Crippen LogP contribution in [-0.2, 0) is 19.2 Å². The summed E-state index contributed by atoms with van der Waals surface area (Å²) in [6.45, 7) is 4.90. The lowest BCUT2D eigenvalue weighted by molar-refractivity contribution is -0.202. The van der Waals surface area contributed by atoms with Crippen LogP contribution in [0.4, 0.5) is 0 Å². The second-order valence-corrected chi connectivity index (χ2v) is 3.93. The summed E-state index contributed by atoms with van der Waals surface area (Å²) < 4.78 is 0. The van der Waals surface area contributed by atoms with Crippen molar-refractivity contribution in [3.8, 4) is 0 Å². The molecule has 0 fully saturated rings. The normalized spacial score (nSPS) is 16.4. The zero-order chi connectivity index (χ0) is 10.9. The van der Waals surface area contributed by atoms with E-state index < -0.39 is 23.2 Å². The second-order valence-electron chi connectivity index (χ2n) is 3.93. The van der Waals surface area contributed by atoms with E-state index >= 15 is 0 Å². The van der Waals surface area contributed by atoms with E-state index in [1.165, 1.54) is 0 Å². The number of carbonyl (C=O) groups is 3. The van der Waals surface area contributed by atoms with Gasteiger partial charge in [0.25, 0.3) is 11.8 Å². The summed E-state index contributed by atoms with van der Waals surface area (Å²) in [5.41, 5.74) is -0.747. The highest BCUT2D eigenvalue weighted by Crippen LogP contribution is 2.17. The maximum absolute atomic E-state index is 11.3. The summed E-state index contributed by atoms with van der Waals surface area (Å²) in [7, 11) is 0. The molecule has 1 rings (SSSR count). The Bertz CT molecular complexity index is 306. The molecule has 0 bridgehead atoms. The van der Waals surface area contributed by atoms with Gasteiger partial charge in [-0.15, -0.1) is 0 Å². The van der Waals surface area contributed by atoms with Crippen molar-refractivity contribution in [2.75, 3.05) is 0 Å². The lowest BCUT2D eigenvalue weighted by atomic mass is 9.98. The molecule has 1 heterocycles. The Kier molecular flexibility index (Phi) is 2.42. The SMILES string of the molecule is CC(C)(C)C(=O)ON1C(=O)C=CC1=O. The molecule has 0 aromatic rings. The fraction of sp³-hybridized carbons (Fsp3) is 0.444. The number of rotatable bonds is 1. The van der Waals surface area contributed by atoms with Gasteiger partial charge in [-0.25, -0.2) is 4.79 Å². The first kappa shape index (κ1) is 10.4. The van der Waals surface area contributed by atoms with Crippen LogP contribution in [0.2, 0.25) is 0 Å². The monoisotopic (exact) mass is 197 g/mol. The second kappa shape index (κ2) is 3.25. The summed E-state index contributed by atoms with van der Waals surface area (Å²) in [6, 6.07) is 0. The topological polar surface area (TPSA) is 63.7 Å². The van der Waals surface area contributed by atoms with Gasteiger partial charge in [0, 0.05) is 12.2 Å². The molecule has 0 aliphatic carbocycles. The van der Waals surface area contributed by atoms with Crippen LogP contribution in [0.3, 0.4) is 0 Å². The smallest absolute Gasteiger partial charge is 0.329 e. The molecule has 2 amide bonds. The minimum absolute atomic E-state index is 0.452. The Balaban J connectivity index is 2.67. The molecule has 76 valence electrons. The molecule has 0 N–H and O–H groups in total. The molecule has 5 nitrogen and oxygen atoms in total. The van der Waals surface area contributed by atoms with Crippen molar-refractivity contribution in [1.82, 2.24) is 5.06 Å². The minimum Gasteiger partial charge on any atom is -0.329 e. The summed E-state index contributed by atoms with van der Waals surface area (Å²) in [6.07, 6.45) is 2.11. The average molecular weight is 197 g/mol. The van der Waals surface area contributed by atoms with E-state index in [9.17, 15) is 14.4 Å². The molecule has 0 saturated carbocycles. The molecular weight excluding hydrogens is 186 g/mol. The highest BCUT2D eigenvalue weighted by Gasteiger charge is 2.32. The van der Waals surface area contributed by atoms with Crippen LogP contribution in [0.1, 0.15) is 20.8 Å². The Labute approximate surface area is 81.3 Å². The van der Waals surface area contributed by atoms with Gasteiger partial charge in [0.15, 0.2) is 0 Å². The van der Waals surface area contributed by atoms with Crippen LogP contribution >= 0.6 is 0 Å². The first-order chi connectivity index (χ1) is 6.32. The highest BCUT2D eigenvalue weighted by atomic mass is 16.7. The van der Waals surface area contributed by atoms with Crippen LogP contribution in [-0.4, -0.2) is 22.8 Å². The minimum atomic E-state index is -0.747. The average Bonchev–Trinajstić information content (AvgIpc) is 2.34. The van der Waals surface area contributed by atoms with Crippen molar-refractivity contribution < 1.29 is 19.2 Å². The van der Waals surface area contributed by atoms with E-state index in [2.05, 4.69) is 4.84 Å². The van der Waals surface area contributed by atoms with Gasteiger partial charge in [0.05, 0.1) is 5.41 Å². The molecular formula is C9H11NO4. The van der Waals surface area contributed by atoms with Gasteiger partial charge in [-0.1, -0.05) is 5.06 Å². The molecule has 1 aliphatic rings. The van der Waals surface area contributed by atoms with Crippen LogP contribution in [0.5, 0.6) is 0 Å². The van der Waals surface area contributed by atoms with Gasteiger partial charge in [-0.05, 0) is 20.8 Å². The number of amides is 2. The van der Waals surface area contributed by atoms with Crippen LogP contribution < -0.4 is 0 Å². The van der Waals surface area contributed by atoms with Gasteiger partial charge < -0.3 is 4.84 Å². The number of hydrogen-bond acceptors (Lipinski definition) is 4. The summed E-state index contributed by atoms with van der Waals surface area (Å²) in [5.74, 6) is -1.89. The lowest BCUT2D eigenvalue weighted by Crippen LogP contribution is -2.37. The van der Waals surface area contributed by atoms with E-state index in [0.717, 1.165) is 12.2 Å². The van der Waals surface area contributed by atoms with Crippen molar-refractivity contribution in [3.63, 3.8) is 0 Å². The van der Waals surface area contributed by atoms with Crippen molar-refractivity contribution in [2.24, 2.45) is 5.41 Å². The maximum Gasteiger partial charge on any atom is 0.338 e. The number of hydrogen-bond donors (Lipinski definition) is 0. The number of hydroxylamine groups is 2. The fourth-order valence-corrected chi connectivity index (χ4v) is 0.696. The van der Waals surface area contributed by atoms with Crippen LogP contribution in [0.15, 0.2) is 12.2 Å². The first-order valence-electron chi connectivity index (χ1n) is 4.11. The fourth-order valence-electron chi connectivity index (χ4n) is 0.696. The third-order valence-electron chi connectivity index (χ3n) is 1.56. The number of carbonyl (C=O) groups excluding carboxylic acids is 3. The van der Waals surface area contributed by atoms with Crippen LogP contribution in [0.25, 0.3) is 0 Å². The van der Waals surface area contributed by atoms with Gasteiger partial charge >= 0.3 is 5.97 Å². The number of imide groups is 1. The third kappa shape index (κ3) is 1.99. The predicted molar refractivity (Wildman–Crippen MR) is 46.5 cm³/mol. The molecule has 0 aromatic carbocycles. The van der Waals surface area contributed by atoms with E-state index in [-0.39, 0.29) is 0 Å². The number of nitrogens with zero attached hydrogens (tertiary/aromatic N) is 1. The quantitative estimate of drug-likeness (QED) is 0.571. The van der Waals surface area contributed by atoms with Crippen molar-refractivity contribution in [3.05, 3.63) is 12.2 Å². The molecule has 1 aliphatic heterocycles. The molecule has 0 saturated heterocycles. The summed E-state index contributed by atoms with van der Waals surface area (Å²) in [4.78, 5) is 37.9. The van der Waals surface area contributed by atoms with Crippen molar-refractivity contribution >= 4 is 17.8 Å². The van der Waals surface area contributed by atoms with Gasteiger partial charge in [-0.2, -0.15) is 0 Å². The van der Waals surface area contributed by atoms with E-state index in [1.807, 2.05) is 0 Å². The standard InChI is InChI=1S/C9H11NO4/c1-9(2,3)8(13)14-10-6(11)4-5-7(10)12/h4-5H,1-3H3. The summed E-state index contributed by atoms with van der Waals surface area (Å²) in [5, 5.41) is 0.452. The Morgan fingerprint density at radius 1 is 1.21 bits per heavy atom. The van der Waals surface area contributed by atoms with Crippen LogP contribution in [0, 0.1) is 5.41 Å². The Hall–Kier alpha value is -1.65. The summed E-state index contributed by atoms with van der Waals surface area (Å²) >= 11 is 0. The van der Waals surface area contributed by atoms with E-state index in [4.69, 9.17) is 0 Å². The zero-order valence-electron chi connectivity index (χ0n) is 8.23. The largest absolute Gasteiger partial charge is 0.338 e. The highest BCUT2D eigenvalue weighted by molar-refractivity contribution is 6.12. The van der Waals surface area contributed by atoms with Gasteiger partial charge in [0.1, 0.15) is 0 Å². The van der Waals surface area contributed by atoms with E-state index in [0.29, 0.717) is 5.06 Å². The maximum atomic E-state index is 11.3. The Morgan fingerprint density at radius 3 is 2.00 bits per heavy atom. The molecule has 0 radical (unpaired) electrons. The van der Waals surface area contributed by atoms with E-state index in [1.54, 1.807) is 20.8 Å². The Morgan fingerprint density at radius 2 is 1.64 bits per heavy atom. The predicted octanol–water partition coefficient (Wildman–Crippen LogP) is 0.416. The third-order valence-corrected chi connectivity index (χ3v) is 1.56.